The lowest BCUT2D eigenvalue weighted by molar-refractivity contribution is 0.404. The van der Waals surface area contributed by atoms with Gasteiger partial charge >= 0.3 is 0 Å². The van der Waals surface area contributed by atoms with E-state index in [2.05, 4.69) is 35.8 Å². The Morgan fingerprint density at radius 3 is 2.40 bits per heavy atom. The zero-order valence-corrected chi connectivity index (χ0v) is 10.0. The number of rotatable bonds is 6. The number of nitrogens with zero attached hydrogens (tertiary/aromatic N) is 3. The van der Waals surface area contributed by atoms with Crippen LogP contribution in [-0.2, 0) is 13.0 Å². The van der Waals surface area contributed by atoms with Crippen molar-refractivity contribution in [1.29, 1.82) is 0 Å². The van der Waals surface area contributed by atoms with Crippen molar-refractivity contribution in [1.82, 2.24) is 15.0 Å². The van der Waals surface area contributed by atoms with E-state index in [1.165, 1.54) is 5.69 Å². The van der Waals surface area contributed by atoms with Crippen LogP contribution < -0.4 is 5.73 Å². The first kappa shape index (κ1) is 12.2. The van der Waals surface area contributed by atoms with Crippen molar-refractivity contribution >= 4 is 0 Å². The van der Waals surface area contributed by atoms with Crippen molar-refractivity contribution < 1.29 is 0 Å². The van der Waals surface area contributed by atoms with E-state index < -0.39 is 0 Å². The lowest BCUT2D eigenvalue weighted by Crippen LogP contribution is -2.13. The van der Waals surface area contributed by atoms with E-state index in [9.17, 15) is 0 Å². The molecule has 0 radical (unpaired) electrons. The minimum absolute atomic E-state index is 0.472. The lowest BCUT2D eigenvalue weighted by Gasteiger charge is -2.15. The predicted molar refractivity (Wildman–Crippen MR) is 61.5 cm³/mol. The fourth-order valence-electron chi connectivity index (χ4n) is 1.93. The van der Waals surface area contributed by atoms with Gasteiger partial charge in [-0.25, -0.2) is 4.68 Å². The first-order valence-electron chi connectivity index (χ1n) is 5.91. The molecule has 0 aliphatic carbocycles. The molecule has 0 atom stereocenters. The minimum atomic E-state index is 0.472. The topological polar surface area (TPSA) is 56.7 Å². The molecule has 0 spiro atoms. The van der Waals surface area contributed by atoms with E-state index in [4.69, 9.17) is 5.73 Å². The molecule has 1 aromatic heterocycles. The van der Waals surface area contributed by atoms with Crippen LogP contribution in [-0.4, -0.2) is 15.0 Å². The summed E-state index contributed by atoms with van der Waals surface area (Å²) in [5.74, 6) is 0. The lowest BCUT2D eigenvalue weighted by atomic mass is 10.1. The third kappa shape index (κ3) is 2.56. The van der Waals surface area contributed by atoms with Crippen LogP contribution in [0.4, 0.5) is 0 Å². The van der Waals surface area contributed by atoms with Gasteiger partial charge in [0.2, 0.25) is 0 Å². The van der Waals surface area contributed by atoms with Crippen molar-refractivity contribution in [2.75, 3.05) is 0 Å². The van der Waals surface area contributed by atoms with Gasteiger partial charge in [0.1, 0.15) is 0 Å². The normalized spacial score (nSPS) is 11.3. The Hall–Kier alpha value is -0.900. The third-order valence-electron chi connectivity index (χ3n) is 2.84. The highest BCUT2D eigenvalue weighted by Gasteiger charge is 2.15. The van der Waals surface area contributed by atoms with Gasteiger partial charge in [0.15, 0.2) is 0 Å². The average Bonchev–Trinajstić information content (AvgIpc) is 2.64. The average molecular weight is 210 g/mol. The zero-order valence-electron chi connectivity index (χ0n) is 10.0. The van der Waals surface area contributed by atoms with E-state index >= 15 is 0 Å². The highest BCUT2D eigenvalue weighted by Crippen LogP contribution is 2.19. The van der Waals surface area contributed by atoms with Gasteiger partial charge in [0, 0.05) is 6.54 Å². The van der Waals surface area contributed by atoms with Gasteiger partial charge < -0.3 is 5.73 Å². The van der Waals surface area contributed by atoms with Crippen LogP contribution in [0.1, 0.15) is 57.5 Å². The Labute approximate surface area is 91.9 Å². The van der Waals surface area contributed by atoms with Crippen molar-refractivity contribution in [3.05, 3.63) is 11.4 Å². The molecule has 0 aromatic carbocycles. The molecule has 1 aromatic rings. The predicted octanol–water partition coefficient (Wildman–Crippen LogP) is 2.05. The van der Waals surface area contributed by atoms with Gasteiger partial charge in [-0.05, 0) is 19.3 Å². The van der Waals surface area contributed by atoms with E-state index in [1.54, 1.807) is 0 Å². The molecule has 4 nitrogen and oxygen atoms in total. The highest BCUT2D eigenvalue weighted by molar-refractivity contribution is 5.10. The summed E-state index contributed by atoms with van der Waals surface area (Å²) < 4.78 is 2.08. The fraction of sp³-hybridized carbons (Fsp3) is 0.818. The Bertz CT molecular complexity index is 289. The number of hydrogen-bond donors (Lipinski definition) is 1. The van der Waals surface area contributed by atoms with Crippen LogP contribution in [0.25, 0.3) is 0 Å². The number of nitrogens with two attached hydrogens (primary N) is 1. The summed E-state index contributed by atoms with van der Waals surface area (Å²) in [6.07, 6.45) is 4.33. The second kappa shape index (κ2) is 5.85. The van der Waals surface area contributed by atoms with Crippen molar-refractivity contribution in [2.45, 2.75) is 59.0 Å². The SMILES string of the molecule is CCCc1c(CN)nnn1C(CC)CC. The summed E-state index contributed by atoms with van der Waals surface area (Å²) in [5.41, 5.74) is 7.85. The molecule has 15 heavy (non-hydrogen) atoms. The van der Waals surface area contributed by atoms with Crippen molar-refractivity contribution in [3.8, 4) is 0 Å². The number of hydrogen-bond acceptors (Lipinski definition) is 3. The molecular weight excluding hydrogens is 188 g/mol. The van der Waals surface area contributed by atoms with Crippen molar-refractivity contribution in [2.24, 2.45) is 5.73 Å². The molecule has 0 bridgehead atoms. The quantitative estimate of drug-likeness (QED) is 0.781. The van der Waals surface area contributed by atoms with Gasteiger partial charge in [-0.3, -0.25) is 0 Å². The van der Waals surface area contributed by atoms with Gasteiger partial charge in [-0.1, -0.05) is 32.4 Å². The van der Waals surface area contributed by atoms with E-state index in [0.29, 0.717) is 12.6 Å². The molecule has 0 aliphatic rings. The summed E-state index contributed by atoms with van der Waals surface area (Å²) in [6, 6.07) is 0.472. The summed E-state index contributed by atoms with van der Waals surface area (Å²) in [7, 11) is 0. The molecule has 0 amide bonds. The molecule has 4 heteroatoms. The van der Waals surface area contributed by atoms with Gasteiger partial charge in [-0.2, -0.15) is 0 Å². The van der Waals surface area contributed by atoms with Gasteiger partial charge in [0.05, 0.1) is 17.4 Å². The first-order valence-corrected chi connectivity index (χ1v) is 5.91. The Morgan fingerprint density at radius 1 is 1.27 bits per heavy atom. The van der Waals surface area contributed by atoms with Crippen LogP contribution >= 0.6 is 0 Å². The summed E-state index contributed by atoms with van der Waals surface area (Å²) >= 11 is 0. The van der Waals surface area contributed by atoms with Crippen LogP contribution in [0.15, 0.2) is 0 Å². The Balaban J connectivity index is 2.99. The van der Waals surface area contributed by atoms with E-state index in [-0.39, 0.29) is 0 Å². The molecule has 0 fully saturated rings. The Kier molecular flexibility index (Phi) is 4.75. The maximum absolute atomic E-state index is 5.66. The summed E-state index contributed by atoms with van der Waals surface area (Å²) in [4.78, 5) is 0. The molecule has 1 rings (SSSR count). The highest BCUT2D eigenvalue weighted by atomic mass is 15.4. The maximum Gasteiger partial charge on any atom is 0.0994 e. The summed E-state index contributed by atoms with van der Waals surface area (Å²) in [5, 5.41) is 8.39. The standard InChI is InChI=1S/C11H22N4/c1-4-7-11-10(8-12)13-14-15(11)9(5-2)6-3/h9H,4-8,12H2,1-3H3. The molecule has 86 valence electrons. The molecule has 1 heterocycles. The molecule has 0 aliphatic heterocycles. The zero-order chi connectivity index (χ0) is 11.3. The first-order chi connectivity index (χ1) is 7.28. The minimum Gasteiger partial charge on any atom is -0.325 e. The Morgan fingerprint density at radius 2 is 1.93 bits per heavy atom. The molecular formula is C11H22N4. The second-order valence-electron chi connectivity index (χ2n) is 3.85. The fourth-order valence-corrected chi connectivity index (χ4v) is 1.93. The van der Waals surface area contributed by atoms with Gasteiger partial charge in [-0.15, -0.1) is 5.10 Å². The third-order valence-corrected chi connectivity index (χ3v) is 2.84. The maximum atomic E-state index is 5.66. The van der Waals surface area contributed by atoms with Crippen molar-refractivity contribution in [3.63, 3.8) is 0 Å². The van der Waals surface area contributed by atoms with Gasteiger partial charge in [0.25, 0.3) is 0 Å². The smallest absolute Gasteiger partial charge is 0.0994 e. The van der Waals surface area contributed by atoms with Crippen LogP contribution in [0.2, 0.25) is 0 Å². The largest absolute Gasteiger partial charge is 0.325 e. The second-order valence-corrected chi connectivity index (χ2v) is 3.85. The van der Waals surface area contributed by atoms with Crippen LogP contribution in [0.5, 0.6) is 0 Å². The van der Waals surface area contributed by atoms with E-state index in [1.807, 2.05) is 0 Å². The molecule has 0 unspecified atom stereocenters. The molecule has 0 saturated heterocycles. The molecule has 0 saturated carbocycles. The van der Waals surface area contributed by atoms with Crippen LogP contribution in [0, 0.1) is 0 Å². The number of aromatic nitrogens is 3. The van der Waals surface area contributed by atoms with E-state index in [0.717, 1.165) is 31.4 Å². The summed E-state index contributed by atoms with van der Waals surface area (Å²) in [6.45, 7) is 7.04. The molecule has 2 N–H and O–H groups in total. The monoisotopic (exact) mass is 210 g/mol. The van der Waals surface area contributed by atoms with Crippen LogP contribution in [0.3, 0.4) is 0 Å².